The van der Waals surface area contributed by atoms with Crippen LogP contribution in [0.15, 0.2) is 55.0 Å². The Bertz CT molecular complexity index is 1450. The summed E-state index contributed by atoms with van der Waals surface area (Å²) in [7, 11) is 0. The van der Waals surface area contributed by atoms with Crippen molar-refractivity contribution in [2.45, 2.75) is 25.9 Å². The quantitative estimate of drug-likeness (QED) is 0.376. The second-order valence-electron chi connectivity index (χ2n) is 7.75. The van der Waals surface area contributed by atoms with Crippen LogP contribution in [-0.4, -0.2) is 41.1 Å². The summed E-state index contributed by atoms with van der Waals surface area (Å²) in [5, 5.41) is 17.6. The lowest BCUT2D eigenvalue weighted by atomic mass is 10.0. The van der Waals surface area contributed by atoms with Gasteiger partial charge in [-0.15, -0.1) is 5.10 Å². The van der Waals surface area contributed by atoms with Gasteiger partial charge >= 0.3 is 6.18 Å². The molecule has 2 N–H and O–H groups in total. The maximum absolute atomic E-state index is 13.3. The van der Waals surface area contributed by atoms with Crippen molar-refractivity contribution in [3.05, 3.63) is 72.4 Å². The predicted octanol–water partition coefficient (Wildman–Crippen LogP) is 5.12. The van der Waals surface area contributed by atoms with Crippen LogP contribution in [0.25, 0.3) is 28.1 Å². The van der Waals surface area contributed by atoms with Crippen LogP contribution in [0.5, 0.6) is 0 Å². The number of hydrogen-bond donors (Lipinski definition) is 2. The summed E-state index contributed by atoms with van der Waals surface area (Å²) >= 11 is 0. The molecule has 0 aliphatic heterocycles. The maximum Gasteiger partial charge on any atom is 0.397 e. The highest BCUT2D eigenvalue weighted by atomic mass is 19.4. The first-order valence-corrected chi connectivity index (χ1v) is 10.3. The molecule has 0 saturated heterocycles. The molecule has 1 radical (unpaired) electrons. The summed E-state index contributed by atoms with van der Waals surface area (Å²) in [5.74, 6) is -0.641. The number of pyridine rings is 1. The number of aryl methyl sites for hydroxylation is 1. The third-order valence-electron chi connectivity index (χ3n) is 5.37. The number of aromatic amines is 1. The van der Waals surface area contributed by atoms with Crippen LogP contribution >= 0.6 is 0 Å². The van der Waals surface area contributed by atoms with Gasteiger partial charge in [-0.05, 0) is 56.3 Å². The lowest BCUT2D eigenvalue weighted by molar-refractivity contribution is -0.147. The Labute approximate surface area is 191 Å². The molecule has 0 spiro atoms. The van der Waals surface area contributed by atoms with Gasteiger partial charge in [0.15, 0.2) is 5.82 Å². The molecule has 0 fully saturated rings. The molecule has 8 nitrogen and oxygen atoms in total. The number of fused-ring (bicyclic) bond motifs is 1. The number of alkyl halides is 3. The minimum atomic E-state index is -4.42. The van der Waals surface area contributed by atoms with Crippen molar-refractivity contribution in [2.24, 2.45) is 0 Å². The molecule has 0 aliphatic carbocycles. The molecule has 34 heavy (non-hydrogen) atoms. The normalized spacial score (nSPS) is 12.7. The molecule has 0 amide bonds. The van der Waals surface area contributed by atoms with E-state index < -0.39 is 12.1 Å². The van der Waals surface area contributed by atoms with Crippen LogP contribution in [0, 0.1) is 13.0 Å². The molecule has 0 aliphatic rings. The number of benzene rings is 1. The minimum Gasteiger partial charge on any atom is -0.339 e. The van der Waals surface area contributed by atoms with Crippen LogP contribution in [-0.2, 0) is 0 Å². The Morgan fingerprint density at radius 2 is 1.97 bits per heavy atom. The van der Waals surface area contributed by atoms with Crippen LogP contribution < -0.4 is 5.32 Å². The first-order chi connectivity index (χ1) is 16.3. The van der Waals surface area contributed by atoms with Gasteiger partial charge in [-0.1, -0.05) is 0 Å². The van der Waals surface area contributed by atoms with Crippen molar-refractivity contribution in [1.29, 1.82) is 0 Å². The van der Waals surface area contributed by atoms with Gasteiger partial charge in [-0.25, -0.2) is 9.97 Å². The summed E-state index contributed by atoms with van der Waals surface area (Å²) < 4.78 is 41.6. The Kier molecular flexibility index (Phi) is 5.23. The molecule has 0 unspecified atom stereocenters. The molecule has 1 aromatic carbocycles. The van der Waals surface area contributed by atoms with E-state index in [1.54, 1.807) is 23.0 Å². The fourth-order valence-electron chi connectivity index (χ4n) is 3.51. The predicted molar refractivity (Wildman–Crippen MR) is 120 cm³/mol. The van der Waals surface area contributed by atoms with Gasteiger partial charge in [-0.2, -0.15) is 23.4 Å². The highest BCUT2D eigenvalue weighted by Gasteiger charge is 2.40. The van der Waals surface area contributed by atoms with Gasteiger partial charge in [-0.3, -0.25) is 9.67 Å². The van der Waals surface area contributed by atoms with E-state index in [-0.39, 0.29) is 17.0 Å². The van der Waals surface area contributed by atoms with E-state index in [1.807, 2.05) is 37.3 Å². The topological polar surface area (TPSA) is 97.2 Å². The van der Waals surface area contributed by atoms with Crippen LogP contribution in [0.4, 0.5) is 24.7 Å². The highest BCUT2D eigenvalue weighted by Crippen LogP contribution is 2.37. The number of aromatic nitrogens is 7. The number of nitrogens with one attached hydrogen (secondary N) is 2. The van der Waals surface area contributed by atoms with Crippen molar-refractivity contribution >= 4 is 22.5 Å². The van der Waals surface area contributed by atoms with E-state index in [0.717, 1.165) is 23.8 Å². The van der Waals surface area contributed by atoms with Gasteiger partial charge in [0, 0.05) is 23.5 Å². The molecule has 0 saturated carbocycles. The lowest BCUT2D eigenvalue weighted by Crippen LogP contribution is -2.18. The molecule has 4 aromatic heterocycles. The summed E-state index contributed by atoms with van der Waals surface area (Å²) in [6.45, 7) is 2.93. The number of rotatable bonds is 5. The molecule has 5 rings (SSSR count). The average molecular weight is 463 g/mol. The Balaban J connectivity index is 1.47. The van der Waals surface area contributed by atoms with Gasteiger partial charge < -0.3 is 5.32 Å². The summed E-state index contributed by atoms with van der Waals surface area (Å²) in [6.07, 6.45) is -1.41. The monoisotopic (exact) mass is 463 g/mol. The second-order valence-corrected chi connectivity index (χ2v) is 7.75. The average Bonchev–Trinajstić information content (AvgIpc) is 3.47. The molecule has 171 valence electrons. The van der Waals surface area contributed by atoms with Gasteiger partial charge in [0.2, 0.25) is 0 Å². The number of H-pyrrole nitrogens is 1. The molecule has 4 heterocycles. The molecular weight excluding hydrogens is 445 g/mol. The fraction of sp³-hybridized carbons (Fsp3) is 0.174. The van der Waals surface area contributed by atoms with Crippen molar-refractivity contribution in [2.75, 3.05) is 5.32 Å². The van der Waals surface area contributed by atoms with Crippen LogP contribution in [0.1, 0.15) is 24.2 Å². The van der Waals surface area contributed by atoms with E-state index in [2.05, 4.69) is 41.7 Å². The van der Waals surface area contributed by atoms with Gasteiger partial charge in [0.05, 0.1) is 34.0 Å². The Hall–Kier alpha value is -4.28. The molecular formula is C23H18F3N8. The smallest absolute Gasteiger partial charge is 0.339 e. The highest BCUT2D eigenvalue weighted by molar-refractivity contribution is 5.82. The fourth-order valence-corrected chi connectivity index (χ4v) is 3.51. The zero-order chi connectivity index (χ0) is 23.9. The Morgan fingerprint density at radius 1 is 1.12 bits per heavy atom. The van der Waals surface area contributed by atoms with E-state index in [9.17, 15) is 13.2 Å². The number of halogens is 3. The number of anilines is 2. The molecule has 5 aromatic rings. The summed E-state index contributed by atoms with van der Waals surface area (Å²) in [6, 6.07) is 15.5. The largest absolute Gasteiger partial charge is 0.397 e. The number of imidazole rings is 1. The first-order valence-electron chi connectivity index (χ1n) is 10.3. The maximum atomic E-state index is 13.3. The second kappa shape index (κ2) is 8.25. The van der Waals surface area contributed by atoms with E-state index in [4.69, 9.17) is 0 Å². The van der Waals surface area contributed by atoms with Crippen molar-refractivity contribution < 1.29 is 13.2 Å². The van der Waals surface area contributed by atoms with Crippen LogP contribution in [0.2, 0.25) is 0 Å². The molecule has 11 heteroatoms. The molecule has 0 bridgehead atoms. The summed E-state index contributed by atoms with van der Waals surface area (Å²) in [4.78, 5) is 8.99. The lowest BCUT2D eigenvalue weighted by Gasteiger charge is -2.15. The van der Waals surface area contributed by atoms with Crippen LogP contribution in [0.3, 0.4) is 0 Å². The van der Waals surface area contributed by atoms with Crippen molar-refractivity contribution in [1.82, 2.24) is 34.9 Å². The van der Waals surface area contributed by atoms with Gasteiger partial charge in [0.25, 0.3) is 0 Å². The standard InChI is InChI=1S/C23H18F3N8/c1-13-6-9-20(32-31-13)29-15-7-8-19-18(10-15)27-12-34(19)21-5-3-4-17(30-21)16-11-28-33-22(16)14(2)23(24,25)26/h3,5-12,14H,1-2H3,(H,28,33)(H,29,32)/t14-/m0/s1. The van der Waals surface area contributed by atoms with E-state index in [0.29, 0.717) is 17.2 Å². The first kappa shape index (κ1) is 21.6. The number of nitrogens with zero attached hydrogens (tertiary/aromatic N) is 6. The van der Waals surface area contributed by atoms with Crippen molar-refractivity contribution in [3.8, 4) is 17.1 Å². The number of hydrogen-bond acceptors (Lipinski definition) is 6. The SMILES string of the molecule is Cc1ccc(Nc2ccc3c(c2)ncn3-c2cc[c]c(-c3c[nH]nc3[C@H](C)C(F)(F)F)n2)nn1. The van der Waals surface area contributed by atoms with E-state index in [1.165, 1.54) is 6.20 Å². The third-order valence-corrected chi connectivity index (χ3v) is 5.37. The zero-order valence-corrected chi connectivity index (χ0v) is 18.1. The van der Waals surface area contributed by atoms with E-state index >= 15 is 0 Å². The third kappa shape index (κ3) is 4.07. The minimum absolute atomic E-state index is 0.126. The van der Waals surface area contributed by atoms with Crippen molar-refractivity contribution in [3.63, 3.8) is 0 Å². The zero-order valence-electron chi connectivity index (χ0n) is 18.1. The summed E-state index contributed by atoms with van der Waals surface area (Å²) in [5.41, 5.74) is 3.48. The van der Waals surface area contributed by atoms with Gasteiger partial charge in [0.1, 0.15) is 12.1 Å². The molecule has 1 atom stereocenters. The Morgan fingerprint density at radius 3 is 2.74 bits per heavy atom.